The molecule has 0 aliphatic rings. The molecule has 0 atom stereocenters. The Labute approximate surface area is 205 Å². The minimum absolute atomic E-state index is 0.0101. The summed E-state index contributed by atoms with van der Waals surface area (Å²) in [5.41, 5.74) is 2.64. The number of esters is 1. The Balaban J connectivity index is 2.01. The van der Waals surface area contributed by atoms with Gasteiger partial charge in [0.15, 0.2) is 0 Å². The first kappa shape index (κ1) is 24.7. The lowest BCUT2D eigenvalue weighted by atomic mass is 10.1. The summed E-state index contributed by atoms with van der Waals surface area (Å²) in [7, 11) is 0. The number of benzene rings is 2. The summed E-state index contributed by atoms with van der Waals surface area (Å²) in [5.74, 6) is -1.47. The van der Waals surface area contributed by atoms with Gasteiger partial charge in [0.2, 0.25) is 5.69 Å². The molecule has 0 spiro atoms. The third-order valence-corrected chi connectivity index (χ3v) is 5.33. The van der Waals surface area contributed by atoms with Crippen molar-refractivity contribution in [1.29, 1.82) is 0 Å². The van der Waals surface area contributed by atoms with Crippen molar-refractivity contribution in [3.8, 4) is 22.8 Å². The molecule has 184 valence electrons. The number of halogens is 4. The molecule has 4 rings (SSSR count). The molecule has 0 aliphatic heterocycles. The van der Waals surface area contributed by atoms with Crippen LogP contribution in [0.2, 0.25) is 5.02 Å². The highest BCUT2D eigenvalue weighted by Crippen LogP contribution is 2.31. The van der Waals surface area contributed by atoms with E-state index in [1.165, 1.54) is 29.9 Å². The van der Waals surface area contributed by atoms with Crippen LogP contribution in [-0.4, -0.2) is 31.4 Å². The van der Waals surface area contributed by atoms with Crippen LogP contribution in [0.4, 0.5) is 18.0 Å². The van der Waals surface area contributed by atoms with Gasteiger partial charge >= 0.3 is 18.2 Å². The van der Waals surface area contributed by atoms with Crippen LogP contribution in [-0.2, 0) is 10.9 Å². The van der Waals surface area contributed by atoms with Crippen LogP contribution in [0.3, 0.4) is 0 Å². The fourth-order valence-corrected chi connectivity index (χ4v) is 3.65. The minimum Gasteiger partial charge on any atom is -0.371 e. The van der Waals surface area contributed by atoms with Gasteiger partial charge in [-0.15, -0.1) is 0 Å². The number of ether oxygens (including phenoxy) is 1. The van der Waals surface area contributed by atoms with E-state index in [-0.39, 0.29) is 22.8 Å². The van der Waals surface area contributed by atoms with Crippen LogP contribution in [0.15, 0.2) is 65.6 Å². The molecule has 0 saturated carbocycles. The minimum atomic E-state index is -4.69. The van der Waals surface area contributed by atoms with Crippen molar-refractivity contribution in [2.75, 3.05) is 0 Å². The number of amides is 1. The maximum absolute atomic E-state index is 13.4. The van der Waals surface area contributed by atoms with Crippen molar-refractivity contribution in [2.24, 2.45) is 5.73 Å². The molecule has 1 amide bonds. The van der Waals surface area contributed by atoms with E-state index in [1.54, 1.807) is 24.3 Å². The molecule has 0 saturated heterocycles. The molecular formula is C23H15ClF3N5O4. The second-order valence-corrected chi connectivity index (χ2v) is 7.83. The SMILES string of the molecule is Cc1c(-c2ccnn2-c2ccc(Cl)cc2)nc(C(=O)OC(N)=O)c(=O)n1-c1cccc(C(F)(F)F)c1. The summed E-state index contributed by atoms with van der Waals surface area (Å²) < 4.78 is 46.7. The molecule has 13 heteroatoms. The number of alkyl halides is 3. The molecular weight excluding hydrogens is 503 g/mol. The fourth-order valence-electron chi connectivity index (χ4n) is 3.52. The molecule has 0 fully saturated rings. The zero-order valence-electron chi connectivity index (χ0n) is 18.3. The Morgan fingerprint density at radius 1 is 1.06 bits per heavy atom. The lowest BCUT2D eigenvalue weighted by molar-refractivity contribution is -0.137. The number of nitrogens with two attached hydrogens (primary N) is 1. The second kappa shape index (κ2) is 9.30. The van der Waals surface area contributed by atoms with Crippen LogP contribution < -0.4 is 11.3 Å². The first-order chi connectivity index (χ1) is 17.0. The van der Waals surface area contributed by atoms with Gasteiger partial charge in [0.25, 0.3) is 5.56 Å². The molecule has 2 N–H and O–H groups in total. The predicted molar refractivity (Wildman–Crippen MR) is 122 cm³/mol. The Bertz CT molecular complexity index is 1540. The van der Waals surface area contributed by atoms with E-state index in [0.717, 1.165) is 22.8 Å². The van der Waals surface area contributed by atoms with Crippen molar-refractivity contribution in [3.63, 3.8) is 0 Å². The molecule has 2 heterocycles. The lowest BCUT2D eigenvalue weighted by Gasteiger charge is -2.17. The highest BCUT2D eigenvalue weighted by atomic mass is 35.5. The van der Waals surface area contributed by atoms with E-state index < -0.39 is 35.1 Å². The van der Waals surface area contributed by atoms with Gasteiger partial charge in [-0.3, -0.25) is 9.36 Å². The number of hydrogen-bond donors (Lipinski definition) is 1. The molecule has 2 aromatic carbocycles. The molecule has 2 aromatic heterocycles. The van der Waals surface area contributed by atoms with Crippen LogP contribution in [0.5, 0.6) is 0 Å². The normalized spacial score (nSPS) is 11.4. The molecule has 4 aromatic rings. The van der Waals surface area contributed by atoms with E-state index in [1.807, 2.05) is 0 Å². The third-order valence-electron chi connectivity index (χ3n) is 5.08. The molecule has 0 bridgehead atoms. The average Bonchev–Trinajstić information content (AvgIpc) is 3.28. The maximum Gasteiger partial charge on any atom is 0.416 e. The highest BCUT2D eigenvalue weighted by Gasteiger charge is 2.31. The Morgan fingerprint density at radius 2 is 1.75 bits per heavy atom. The van der Waals surface area contributed by atoms with Crippen LogP contribution in [0.25, 0.3) is 22.8 Å². The predicted octanol–water partition coefficient (Wildman–Crippen LogP) is 4.30. The highest BCUT2D eigenvalue weighted by molar-refractivity contribution is 6.30. The summed E-state index contributed by atoms with van der Waals surface area (Å²) in [5, 5.41) is 4.70. The van der Waals surface area contributed by atoms with Gasteiger partial charge in [-0.05, 0) is 55.5 Å². The monoisotopic (exact) mass is 517 g/mol. The van der Waals surface area contributed by atoms with Gasteiger partial charge in [0.05, 0.1) is 28.8 Å². The van der Waals surface area contributed by atoms with Gasteiger partial charge in [0, 0.05) is 10.7 Å². The topological polar surface area (TPSA) is 122 Å². The van der Waals surface area contributed by atoms with Gasteiger partial charge in [-0.2, -0.15) is 18.3 Å². The number of aromatic nitrogens is 4. The summed E-state index contributed by atoms with van der Waals surface area (Å²) >= 11 is 5.95. The molecule has 0 radical (unpaired) electrons. The standard InChI is InChI=1S/C23H15ClF3N5O4/c1-12-18(17-9-10-29-32(17)15-7-5-14(24)6-8-15)30-19(21(34)36-22(28)35)20(33)31(12)16-4-2-3-13(11-16)23(25,26)27/h2-11H,1H3,(H2,28,35). The third kappa shape index (κ3) is 4.70. The van der Waals surface area contributed by atoms with Crippen molar-refractivity contribution >= 4 is 23.7 Å². The largest absolute Gasteiger partial charge is 0.416 e. The lowest BCUT2D eigenvalue weighted by Crippen LogP contribution is -2.32. The quantitative estimate of drug-likeness (QED) is 0.318. The van der Waals surface area contributed by atoms with E-state index in [4.69, 9.17) is 17.3 Å². The van der Waals surface area contributed by atoms with Crippen LogP contribution in [0.1, 0.15) is 21.7 Å². The Kier molecular flexibility index (Phi) is 6.37. The van der Waals surface area contributed by atoms with Crippen molar-refractivity contribution in [2.45, 2.75) is 13.1 Å². The number of carbonyl (C=O) groups excluding carboxylic acids is 2. The van der Waals surface area contributed by atoms with E-state index in [0.29, 0.717) is 10.7 Å². The van der Waals surface area contributed by atoms with Crippen LogP contribution >= 0.6 is 11.6 Å². The first-order valence-corrected chi connectivity index (χ1v) is 10.5. The van der Waals surface area contributed by atoms with Crippen molar-refractivity contribution in [1.82, 2.24) is 19.3 Å². The zero-order valence-corrected chi connectivity index (χ0v) is 19.0. The molecule has 0 unspecified atom stereocenters. The summed E-state index contributed by atoms with van der Waals surface area (Å²) in [6.45, 7) is 1.44. The molecule has 0 aliphatic carbocycles. The number of primary amides is 1. The summed E-state index contributed by atoms with van der Waals surface area (Å²) in [6.07, 6.45) is -4.75. The van der Waals surface area contributed by atoms with Crippen LogP contribution in [0, 0.1) is 6.92 Å². The first-order valence-electron chi connectivity index (χ1n) is 10.1. The molecule has 36 heavy (non-hydrogen) atoms. The van der Waals surface area contributed by atoms with Gasteiger partial charge in [-0.1, -0.05) is 17.7 Å². The van der Waals surface area contributed by atoms with Gasteiger partial charge < -0.3 is 10.5 Å². The number of hydrogen-bond acceptors (Lipinski definition) is 6. The maximum atomic E-state index is 13.4. The molecule has 9 nitrogen and oxygen atoms in total. The average molecular weight is 518 g/mol. The summed E-state index contributed by atoms with van der Waals surface area (Å²) in [4.78, 5) is 41.0. The Morgan fingerprint density at radius 3 is 2.39 bits per heavy atom. The Hall–Kier alpha value is -4.45. The van der Waals surface area contributed by atoms with Gasteiger partial charge in [-0.25, -0.2) is 19.3 Å². The van der Waals surface area contributed by atoms with Gasteiger partial charge in [0.1, 0.15) is 5.69 Å². The number of rotatable bonds is 4. The van der Waals surface area contributed by atoms with E-state index in [2.05, 4.69) is 14.8 Å². The van der Waals surface area contributed by atoms with E-state index in [9.17, 15) is 27.6 Å². The zero-order chi connectivity index (χ0) is 26.2. The smallest absolute Gasteiger partial charge is 0.371 e. The number of nitrogens with zero attached hydrogens (tertiary/aromatic N) is 4. The van der Waals surface area contributed by atoms with Crippen molar-refractivity contribution in [3.05, 3.63) is 93.1 Å². The van der Waals surface area contributed by atoms with Crippen molar-refractivity contribution < 1.29 is 27.5 Å². The number of carbonyl (C=O) groups is 2. The van der Waals surface area contributed by atoms with E-state index >= 15 is 0 Å². The second-order valence-electron chi connectivity index (χ2n) is 7.40. The summed E-state index contributed by atoms with van der Waals surface area (Å²) in [6, 6.07) is 12.0. The fraction of sp³-hybridized carbons (Fsp3) is 0.0870.